The molecule has 6 heteroatoms. The highest BCUT2D eigenvalue weighted by molar-refractivity contribution is 6.17. The fraction of sp³-hybridized carbons (Fsp3) is 0. The second kappa shape index (κ2) is 29.8. The van der Waals surface area contributed by atoms with Crippen molar-refractivity contribution in [2.75, 3.05) is 9.80 Å². The lowest BCUT2D eigenvalue weighted by atomic mass is 9.93. The summed E-state index contributed by atoms with van der Waals surface area (Å²) >= 11 is 0. The third kappa shape index (κ3) is 12.6. The standard InChI is InChI=1S/C118H74N4O2/c1-3-21-75(22-4-1)84-28-19-31-96(69-84)122(94-60-52-82(53-61-94)111-73-88-27-9-11-33-99(88)104-36-15-18-40-108(104)111)97-62-47-78-45-46-89(68-90(78)71-97)112-74-91-67-86(54-63-102(91)116-114(112)120-117(124-116)83-24-5-2-6-25-83)77-43-41-76(42-44-77)85-29-20-30-95(70-85)121(93-58-50-81(51-59-93)110-72-87-26-8-10-32-98(87)103-35-14-17-39-107(103)110)92-56-48-80(49-57-92)100-64-65-109(106-38-16-13-37-105(100)106)118-119-113-66-55-79-23-7-12-34-101(79)115(113)123-118/h1-74H. The zero-order valence-electron chi connectivity index (χ0n) is 67.3. The molecule has 2 aromatic heterocycles. The lowest BCUT2D eigenvalue weighted by Gasteiger charge is -2.27. The van der Waals surface area contributed by atoms with E-state index in [0.29, 0.717) is 11.8 Å². The average Bonchev–Trinajstić information content (AvgIpc) is 1.23. The van der Waals surface area contributed by atoms with Gasteiger partial charge in [-0.1, -0.05) is 315 Å². The maximum Gasteiger partial charge on any atom is 0.227 e. The highest BCUT2D eigenvalue weighted by atomic mass is 16.4. The van der Waals surface area contributed by atoms with E-state index in [-0.39, 0.29) is 0 Å². The van der Waals surface area contributed by atoms with Crippen molar-refractivity contribution in [2.45, 2.75) is 0 Å². The number of aromatic nitrogens is 2. The van der Waals surface area contributed by atoms with Gasteiger partial charge in [0.15, 0.2) is 11.2 Å². The minimum atomic E-state index is 0.577. The highest BCUT2D eigenvalue weighted by Gasteiger charge is 2.24. The number of nitrogens with zero attached hydrogens (tertiary/aromatic N) is 4. The van der Waals surface area contributed by atoms with Crippen LogP contribution < -0.4 is 9.80 Å². The van der Waals surface area contributed by atoms with E-state index < -0.39 is 0 Å². The van der Waals surface area contributed by atoms with Gasteiger partial charge in [0.1, 0.15) is 11.0 Å². The van der Waals surface area contributed by atoms with Gasteiger partial charge in [-0.2, -0.15) is 0 Å². The number of hydrogen-bond donors (Lipinski definition) is 0. The Kier molecular flexibility index (Phi) is 17.2. The minimum absolute atomic E-state index is 0.577. The molecule has 0 unspecified atom stereocenters. The van der Waals surface area contributed by atoms with Crippen LogP contribution in [0.2, 0.25) is 0 Å². The summed E-state index contributed by atoms with van der Waals surface area (Å²) in [5, 5.41) is 18.6. The Morgan fingerprint density at radius 3 is 1.13 bits per heavy atom. The highest BCUT2D eigenvalue weighted by Crippen LogP contribution is 2.48. The molecule has 578 valence electrons. The second-order valence-corrected chi connectivity index (χ2v) is 32.3. The summed E-state index contributed by atoms with van der Waals surface area (Å²) in [5.74, 6) is 1.18. The lowest BCUT2D eigenvalue weighted by molar-refractivity contribution is 0.623. The molecule has 124 heavy (non-hydrogen) atoms. The van der Waals surface area contributed by atoms with E-state index in [2.05, 4.69) is 441 Å². The van der Waals surface area contributed by atoms with Gasteiger partial charge in [-0.3, -0.25) is 0 Å². The van der Waals surface area contributed by atoms with Crippen LogP contribution in [0.5, 0.6) is 0 Å². The first-order valence-corrected chi connectivity index (χ1v) is 42.3. The average molecular weight is 1580 g/mol. The van der Waals surface area contributed by atoms with Gasteiger partial charge >= 0.3 is 0 Å². The molecule has 0 aliphatic carbocycles. The molecule has 0 bridgehead atoms. The summed E-state index contributed by atoms with van der Waals surface area (Å²) in [6.45, 7) is 0. The summed E-state index contributed by atoms with van der Waals surface area (Å²) < 4.78 is 13.6. The van der Waals surface area contributed by atoms with Crippen LogP contribution in [0.1, 0.15) is 0 Å². The first-order chi connectivity index (χ1) is 61.4. The Morgan fingerprint density at radius 2 is 0.540 bits per heavy atom. The molecule has 0 saturated heterocycles. The zero-order chi connectivity index (χ0) is 81.7. The van der Waals surface area contributed by atoms with Crippen LogP contribution in [-0.2, 0) is 0 Å². The van der Waals surface area contributed by atoms with Gasteiger partial charge in [0, 0.05) is 61.6 Å². The smallest absolute Gasteiger partial charge is 0.227 e. The van der Waals surface area contributed by atoms with Crippen molar-refractivity contribution in [1.29, 1.82) is 0 Å². The molecule has 24 rings (SSSR count). The summed E-state index contributed by atoms with van der Waals surface area (Å²) in [6, 6.07) is 163. The predicted octanol–water partition coefficient (Wildman–Crippen LogP) is 33.1. The molecule has 22 aromatic carbocycles. The predicted molar refractivity (Wildman–Crippen MR) is 520 cm³/mol. The number of anilines is 6. The fourth-order valence-electron chi connectivity index (χ4n) is 18.9. The Labute approximate surface area is 716 Å². The van der Waals surface area contributed by atoms with Crippen LogP contribution >= 0.6 is 0 Å². The van der Waals surface area contributed by atoms with Crippen LogP contribution in [0, 0.1) is 0 Å². The van der Waals surface area contributed by atoms with Crippen LogP contribution in [0.15, 0.2) is 458 Å². The third-order valence-electron chi connectivity index (χ3n) is 25.0. The van der Waals surface area contributed by atoms with E-state index in [1.165, 1.54) is 54.2 Å². The third-order valence-corrected chi connectivity index (χ3v) is 25.0. The van der Waals surface area contributed by atoms with E-state index in [9.17, 15) is 0 Å². The summed E-state index contributed by atoms with van der Waals surface area (Å²) in [4.78, 5) is 15.2. The summed E-state index contributed by atoms with van der Waals surface area (Å²) in [5.41, 5.74) is 27.0. The van der Waals surface area contributed by atoms with Crippen LogP contribution in [0.4, 0.5) is 34.1 Å². The van der Waals surface area contributed by atoms with Gasteiger partial charge in [0.25, 0.3) is 0 Å². The molecule has 0 spiro atoms. The van der Waals surface area contributed by atoms with Gasteiger partial charge in [-0.15, -0.1) is 0 Å². The van der Waals surface area contributed by atoms with Gasteiger partial charge in [0.2, 0.25) is 11.8 Å². The van der Waals surface area contributed by atoms with Crippen LogP contribution in [0.3, 0.4) is 0 Å². The van der Waals surface area contributed by atoms with E-state index >= 15 is 0 Å². The van der Waals surface area contributed by atoms with Gasteiger partial charge < -0.3 is 18.6 Å². The Balaban J connectivity index is 0.576. The normalized spacial score (nSPS) is 11.7. The van der Waals surface area contributed by atoms with Crippen molar-refractivity contribution in [2.24, 2.45) is 0 Å². The van der Waals surface area contributed by atoms with Gasteiger partial charge in [0.05, 0.1) is 0 Å². The maximum atomic E-state index is 6.97. The molecule has 6 nitrogen and oxygen atoms in total. The largest absolute Gasteiger partial charge is 0.435 e. The SMILES string of the molecule is c1ccc(-c2cccc(N(c3ccc(-c4cc5ccccc5c5ccccc45)cc3)c3ccc4ccc(-c5cc6cc(-c7ccc(-c8cccc(N(c9ccc(-c%10ccc(-c%11nc%12ccc%13ccccc%13c%12o%11)c%11ccccc%10%11)cc9)c9ccc(-c%10cc%11ccccc%11c%11ccccc%10%11)cc9)c8)cc7)ccc6c6oc(-c7ccccc7)nc56)cc4c3)c2)cc1. The van der Waals surface area contributed by atoms with Crippen molar-refractivity contribution in [1.82, 2.24) is 9.97 Å². The topological polar surface area (TPSA) is 58.5 Å². The monoisotopic (exact) mass is 1580 g/mol. The maximum absolute atomic E-state index is 6.97. The van der Waals surface area contributed by atoms with E-state index in [4.69, 9.17) is 18.8 Å². The molecule has 0 aliphatic rings. The Bertz CT molecular complexity index is 8340. The number of rotatable bonds is 15. The molecule has 0 aliphatic heterocycles. The number of fused-ring (bicyclic) bond motifs is 14. The minimum Gasteiger partial charge on any atom is -0.435 e. The molecule has 2 heterocycles. The van der Waals surface area contributed by atoms with Crippen molar-refractivity contribution >= 4 is 143 Å². The number of hydrogen-bond acceptors (Lipinski definition) is 6. The van der Waals surface area contributed by atoms with Gasteiger partial charge in [-0.05, 0) is 281 Å². The first-order valence-electron chi connectivity index (χ1n) is 42.3. The molecular weight excluding hydrogens is 1510 g/mol. The molecular formula is C118H74N4O2. The Morgan fingerprint density at radius 1 is 0.161 bits per heavy atom. The Hall–Kier alpha value is -16.5. The van der Waals surface area contributed by atoms with E-state index in [0.717, 1.165) is 177 Å². The summed E-state index contributed by atoms with van der Waals surface area (Å²) in [7, 11) is 0. The van der Waals surface area contributed by atoms with Crippen molar-refractivity contribution < 1.29 is 8.83 Å². The second-order valence-electron chi connectivity index (χ2n) is 32.3. The molecule has 0 saturated carbocycles. The first kappa shape index (κ1) is 71.6. The lowest BCUT2D eigenvalue weighted by Crippen LogP contribution is -2.10. The molecule has 0 N–H and O–H groups in total. The van der Waals surface area contributed by atoms with Crippen LogP contribution in [0.25, 0.3) is 209 Å². The van der Waals surface area contributed by atoms with Gasteiger partial charge in [-0.25, -0.2) is 9.97 Å². The summed E-state index contributed by atoms with van der Waals surface area (Å²) in [6.07, 6.45) is 0. The molecule has 0 radical (unpaired) electrons. The molecule has 0 fully saturated rings. The van der Waals surface area contributed by atoms with Crippen molar-refractivity contribution in [3.8, 4) is 101 Å². The number of oxazole rings is 2. The quantitative estimate of drug-likeness (QED) is 0.0954. The van der Waals surface area contributed by atoms with Crippen molar-refractivity contribution in [3.63, 3.8) is 0 Å². The zero-order valence-corrected chi connectivity index (χ0v) is 67.3. The molecule has 24 aromatic rings. The molecule has 0 amide bonds. The van der Waals surface area contributed by atoms with Crippen LogP contribution in [-0.4, -0.2) is 9.97 Å². The fourth-order valence-corrected chi connectivity index (χ4v) is 18.9. The van der Waals surface area contributed by atoms with E-state index in [1.54, 1.807) is 0 Å². The van der Waals surface area contributed by atoms with Crippen molar-refractivity contribution in [3.05, 3.63) is 449 Å². The molecule has 0 atom stereocenters. The number of benzene rings is 22. The van der Waals surface area contributed by atoms with E-state index in [1.807, 2.05) is 18.2 Å².